The number of carbonyl (C=O) groups is 1. The van der Waals surface area contributed by atoms with Gasteiger partial charge in [-0.2, -0.15) is 5.10 Å². The minimum Gasteiger partial charge on any atom is -0.398 e. The van der Waals surface area contributed by atoms with Crippen LogP contribution in [0.15, 0.2) is 30.5 Å². The van der Waals surface area contributed by atoms with E-state index in [0.717, 1.165) is 12.1 Å². The lowest BCUT2D eigenvalue weighted by Gasteiger charge is -2.08. The second kappa shape index (κ2) is 5.75. The smallest absolute Gasteiger partial charge is 0.253 e. The number of hydrogen-bond donors (Lipinski definition) is 2. The molecule has 1 aromatic carbocycles. The number of amides is 1. The molecule has 0 aliphatic rings. The molecule has 6 heteroatoms. The third-order valence-electron chi connectivity index (χ3n) is 2.85. The first-order valence-corrected chi connectivity index (χ1v) is 6.26. The van der Waals surface area contributed by atoms with Gasteiger partial charge in [-0.15, -0.1) is 0 Å². The van der Waals surface area contributed by atoms with E-state index in [0.29, 0.717) is 22.8 Å². The lowest BCUT2D eigenvalue weighted by atomic mass is 10.1. The Morgan fingerprint density at radius 3 is 2.89 bits per heavy atom. The highest BCUT2D eigenvalue weighted by molar-refractivity contribution is 6.31. The number of aromatic nitrogens is 2. The summed E-state index contributed by atoms with van der Waals surface area (Å²) in [7, 11) is 1.87. The molecular formula is C13H15ClN4O. The van der Waals surface area contributed by atoms with E-state index in [9.17, 15) is 4.79 Å². The Hall–Kier alpha value is -2.01. The molecule has 0 aliphatic carbocycles. The van der Waals surface area contributed by atoms with Crippen LogP contribution >= 0.6 is 11.6 Å². The first kappa shape index (κ1) is 13.4. The van der Waals surface area contributed by atoms with Gasteiger partial charge in [0, 0.05) is 42.6 Å². The van der Waals surface area contributed by atoms with Crippen molar-refractivity contribution in [2.75, 3.05) is 12.3 Å². The van der Waals surface area contributed by atoms with Crippen molar-refractivity contribution >= 4 is 23.2 Å². The first-order chi connectivity index (χ1) is 9.08. The number of hydrogen-bond acceptors (Lipinski definition) is 3. The van der Waals surface area contributed by atoms with Gasteiger partial charge in [-0.3, -0.25) is 9.48 Å². The fourth-order valence-corrected chi connectivity index (χ4v) is 1.97. The number of nitrogen functional groups attached to an aromatic ring is 1. The number of nitrogens with one attached hydrogen (secondary N) is 1. The minimum absolute atomic E-state index is 0.198. The summed E-state index contributed by atoms with van der Waals surface area (Å²) in [5.74, 6) is -0.198. The van der Waals surface area contributed by atoms with Crippen LogP contribution < -0.4 is 11.1 Å². The van der Waals surface area contributed by atoms with Crippen molar-refractivity contribution in [3.05, 3.63) is 46.7 Å². The number of benzene rings is 1. The summed E-state index contributed by atoms with van der Waals surface area (Å²) >= 11 is 5.79. The Labute approximate surface area is 116 Å². The van der Waals surface area contributed by atoms with Crippen LogP contribution in [0.4, 0.5) is 5.69 Å². The summed E-state index contributed by atoms with van der Waals surface area (Å²) in [6.07, 6.45) is 2.45. The molecule has 2 aromatic rings. The minimum atomic E-state index is -0.198. The molecule has 1 amide bonds. The van der Waals surface area contributed by atoms with E-state index in [-0.39, 0.29) is 5.91 Å². The monoisotopic (exact) mass is 278 g/mol. The van der Waals surface area contributed by atoms with Gasteiger partial charge in [0.2, 0.25) is 0 Å². The molecule has 2 rings (SSSR count). The Morgan fingerprint density at radius 2 is 2.26 bits per heavy atom. The van der Waals surface area contributed by atoms with E-state index in [1.807, 2.05) is 13.1 Å². The molecular weight excluding hydrogens is 264 g/mol. The van der Waals surface area contributed by atoms with E-state index < -0.39 is 0 Å². The lowest BCUT2D eigenvalue weighted by molar-refractivity contribution is 0.0955. The molecule has 0 bridgehead atoms. The highest BCUT2D eigenvalue weighted by atomic mass is 35.5. The molecule has 0 unspecified atom stereocenters. The van der Waals surface area contributed by atoms with Crippen LogP contribution in [0.3, 0.4) is 0 Å². The van der Waals surface area contributed by atoms with Gasteiger partial charge in [0.15, 0.2) is 0 Å². The molecule has 1 aromatic heterocycles. The molecule has 0 saturated carbocycles. The third kappa shape index (κ3) is 3.26. The molecule has 0 spiro atoms. The van der Waals surface area contributed by atoms with Crippen LogP contribution in [0.5, 0.6) is 0 Å². The molecule has 3 N–H and O–H groups in total. The fourth-order valence-electron chi connectivity index (χ4n) is 1.79. The Bertz CT molecular complexity index is 594. The van der Waals surface area contributed by atoms with Crippen LogP contribution in [0.1, 0.15) is 16.1 Å². The zero-order valence-corrected chi connectivity index (χ0v) is 11.3. The van der Waals surface area contributed by atoms with Crippen molar-refractivity contribution in [3.8, 4) is 0 Å². The molecule has 100 valence electrons. The molecule has 0 radical (unpaired) electrons. The topological polar surface area (TPSA) is 72.9 Å². The second-order valence-electron chi connectivity index (χ2n) is 4.18. The van der Waals surface area contributed by atoms with Gasteiger partial charge >= 0.3 is 0 Å². The molecule has 5 nitrogen and oxygen atoms in total. The van der Waals surface area contributed by atoms with Crippen molar-refractivity contribution in [2.45, 2.75) is 6.42 Å². The number of anilines is 1. The molecule has 19 heavy (non-hydrogen) atoms. The number of rotatable bonds is 4. The summed E-state index contributed by atoms with van der Waals surface area (Å²) < 4.78 is 1.78. The van der Waals surface area contributed by atoms with Gasteiger partial charge in [0.05, 0.1) is 5.56 Å². The maximum absolute atomic E-state index is 11.9. The number of nitrogens with two attached hydrogens (primary N) is 1. The maximum Gasteiger partial charge on any atom is 0.253 e. The Balaban J connectivity index is 1.93. The SMILES string of the molecule is Cn1nccc1CCNC(=O)c1ccc(Cl)cc1N. The number of halogens is 1. The average molecular weight is 279 g/mol. The van der Waals surface area contributed by atoms with Gasteiger partial charge in [0.1, 0.15) is 0 Å². The molecule has 0 atom stereocenters. The summed E-state index contributed by atoms with van der Waals surface area (Å²) in [6, 6.07) is 6.76. The zero-order chi connectivity index (χ0) is 13.8. The van der Waals surface area contributed by atoms with Gasteiger partial charge in [-0.1, -0.05) is 11.6 Å². The van der Waals surface area contributed by atoms with E-state index in [4.69, 9.17) is 17.3 Å². The first-order valence-electron chi connectivity index (χ1n) is 5.88. The predicted molar refractivity (Wildman–Crippen MR) is 75.1 cm³/mol. The van der Waals surface area contributed by atoms with Crippen LogP contribution in [0.2, 0.25) is 5.02 Å². The number of nitrogens with zero attached hydrogens (tertiary/aromatic N) is 2. The number of carbonyl (C=O) groups excluding carboxylic acids is 1. The lowest BCUT2D eigenvalue weighted by Crippen LogP contribution is -2.27. The second-order valence-corrected chi connectivity index (χ2v) is 4.62. The van der Waals surface area contributed by atoms with E-state index in [1.165, 1.54) is 0 Å². The van der Waals surface area contributed by atoms with Gasteiger partial charge < -0.3 is 11.1 Å². The van der Waals surface area contributed by atoms with Crippen molar-refractivity contribution in [1.82, 2.24) is 15.1 Å². The van der Waals surface area contributed by atoms with Crippen molar-refractivity contribution in [2.24, 2.45) is 7.05 Å². The maximum atomic E-state index is 11.9. The Morgan fingerprint density at radius 1 is 1.47 bits per heavy atom. The van der Waals surface area contributed by atoms with Crippen molar-refractivity contribution in [1.29, 1.82) is 0 Å². The summed E-state index contributed by atoms with van der Waals surface area (Å²) in [5, 5.41) is 7.40. The van der Waals surface area contributed by atoms with Gasteiger partial charge in [0.25, 0.3) is 5.91 Å². The van der Waals surface area contributed by atoms with Crippen LogP contribution in [0.25, 0.3) is 0 Å². The van der Waals surface area contributed by atoms with Crippen LogP contribution in [-0.4, -0.2) is 22.2 Å². The van der Waals surface area contributed by atoms with Crippen LogP contribution in [0, 0.1) is 0 Å². The van der Waals surface area contributed by atoms with Crippen LogP contribution in [-0.2, 0) is 13.5 Å². The van der Waals surface area contributed by atoms with Gasteiger partial charge in [-0.05, 0) is 24.3 Å². The Kier molecular flexibility index (Phi) is 4.06. The molecule has 0 saturated heterocycles. The van der Waals surface area contributed by atoms with Crippen molar-refractivity contribution in [3.63, 3.8) is 0 Å². The predicted octanol–water partition coefficient (Wildman–Crippen LogP) is 1.63. The van der Waals surface area contributed by atoms with E-state index in [1.54, 1.807) is 29.1 Å². The zero-order valence-electron chi connectivity index (χ0n) is 10.6. The summed E-state index contributed by atoms with van der Waals surface area (Å²) in [6.45, 7) is 0.528. The fraction of sp³-hybridized carbons (Fsp3) is 0.231. The standard InChI is InChI=1S/C13H15ClN4O/c1-18-10(5-7-17-18)4-6-16-13(19)11-3-2-9(14)8-12(11)15/h2-3,5,7-8H,4,6,15H2,1H3,(H,16,19). The average Bonchev–Trinajstić information content (AvgIpc) is 2.75. The highest BCUT2D eigenvalue weighted by Crippen LogP contribution is 2.17. The summed E-state index contributed by atoms with van der Waals surface area (Å²) in [5.41, 5.74) is 7.63. The van der Waals surface area contributed by atoms with Gasteiger partial charge in [-0.25, -0.2) is 0 Å². The normalized spacial score (nSPS) is 10.4. The third-order valence-corrected chi connectivity index (χ3v) is 3.08. The quantitative estimate of drug-likeness (QED) is 0.835. The highest BCUT2D eigenvalue weighted by Gasteiger charge is 2.09. The largest absolute Gasteiger partial charge is 0.398 e. The number of aryl methyl sites for hydroxylation is 1. The van der Waals surface area contributed by atoms with E-state index in [2.05, 4.69) is 10.4 Å². The molecule has 1 heterocycles. The van der Waals surface area contributed by atoms with Crippen molar-refractivity contribution < 1.29 is 4.79 Å². The van der Waals surface area contributed by atoms with E-state index >= 15 is 0 Å². The molecule has 0 aliphatic heterocycles. The molecule has 0 fully saturated rings. The summed E-state index contributed by atoms with van der Waals surface area (Å²) in [4.78, 5) is 11.9.